The number of ketones is 1. The highest BCUT2D eigenvalue weighted by Gasteiger charge is 2.41. The SMILES string of the molecule is CSc1ccc(C(=O)C2CN(C3COC3)C[C@@H]2CCc2cc(C)c(OC(C)(C)C(=O)O)c(C)c2)cc1. The number of likely N-dealkylation sites (tertiary alicyclic amines) is 1. The summed E-state index contributed by atoms with van der Waals surface area (Å²) in [5.41, 5.74) is 2.55. The number of thioether (sulfide) groups is 1. The van der Waals surface area contributed by atoms with Gasteiger partial charge in [0.05, 0.1) is 19.3 Å². The van der Waals surface area contributed by atoms with Crippen LogP contribution < -0.4 is 4.74 Å². The van der Waals surface area contributed by atoms with Crippen LogP contribution in [0.5, 0.6) is 5.75 Å². The first kappa shape index (κ1) is 26.7. The number of carboxylic acid groups (broad SMARTS) is 1. The summed E-state index contributed by atoms with van der Waals surface area (Å²) in [4.78, 5) is 28.7. The maximum absolute atomic E-state index is 13.6. The molecule has 0 saturated carbocycles. The number of aliphatic carboxylic acids is 1. The van der Waals surface area contributed by atoms with Crippen LogP contribution in [0.25, 0.3) is 0 Å². The molecule has 194 valence electrons. The van der Waals surface area contributed by atoms with Crippen LogP contribution in [-0.2, 0) is 16.0 Å². The molecule has 6 nitrogen and oxygen atoms in total. The molecule has 2 saturated heterocycles. The van der Waals surface area contributed by atoms with E-state index in [9.17, 15) is 14.7 Å². The zero-order valence-electron chi connectivity index (χ0n) is 21.9. The molecule has 0 amide bonds. The average molecular weight is 512 g/mol. The van der Waals surface area contributed by atoms with Crippen LogP contribution in [0.3, 0.4) is 0 Å². The van der Waals surface area contributed by atoms with Crippen molar-refractivity contribution < 1.29 is 24.2 Å². The minimum atomic E-state index is -1.29. The Morgan fingerprint density at radius 1 is 1.11 bits per heavy atom. The smallest absolute Gasteiger partial charge is 0.347 e. The molecule has 0 aliphatic carbocycles. The van der Waals surface area contributed by atoms with E-state index in [-0.39, 0.29) is 17.6 Å². The first-order chi connectivity index (χ1) is 17.1. The van der Waals surface area contributed by atoms with Gasteiger partial charge in [-0.3, -0.25) is 9.69 Å². The van der Waals surface area contributed by atoms with Crippen LogP contribution in [0.15, 0.2) is 41.3 Å². The maximum Gasteiger partial charge on any atom is 0.347 e. The largest absolute Gasteiger partial charge is 0.478 e. The number of aryl methyl sites for hydroxylation is 3. The van der Waals surface area contributed by atoms with E-state index in [1.165, 1.54) is 5.56 Å². The lowest BCUT2D eigenvalue weighted by atomic mass is 9.84. The Hall–Kier alpha value is -2.35. The van der Waals surface area contributed by atoms with Gasteiger partial charge in [-0.1, -0.05) is 24.3 Å². The summed E-state index contributed by atoms with van der Waals surface area (Å²) in [6.45, 7) is 10.3. The Morgan fingerprint density at radius 3 is 2.28 bits per heavy atom. The summed E-state index contributed by atoms with van der Waals surface area (Å²) in [7, 11) is 0. The number of ether oxygens (including phenoxy) is 2. The van der Waals surface area contributed by atoms with E-state index in [2.05, 4.69) is 17.0 Å². The topological polar surface area (TPSA) is 76.1 Å². The van der Waals surface area contributed by atoms with Gasteiger partial charge in [0, 0.05) is 29.5 Å². The molecule has 0 bridgehead atoms. The number of carboxylic acids is 1. The van der Waals surface area contributed by atoms with Crippen molar-refractivity contribution in [2.24, 2.45) is 11.8 Å². The highest BCUT2D eigenvalue weighted by Crippen LogP contribution is 2.35. The maximum atomic E-state index is 13.6. The Labute approximate surface area is 218 Å². The van der Waals surface area contributed by atoms with E-state index in [4.69, 9.17) is 9.47 Å². The summed E-state index contributed by atoms with van der Waals surface area (Å²) < 4.78 is 11.3. The summed E-state index contributed by atoms with van der Waals surface area (Å²) in [5, 5.41) is 9.44. The molecule has 0 spiro atoms. The van der Waals surface area contributed by atoms with Gasteiger partial charge in [0.2, 0.25) is 0 Å². The standard InChI is InChI=1S/C29H37NO5S/c1-18-12-20(13-19(2)27(18)35-29(3,4)28(32)33)6-7-22-14-30(23-16-34-17-23)15-25(22)26(31)21-8-10-24(36-5)11-9-21/h8-13,22-23,25H,6-7,14-17H2,1-5H3,(H,32,33)/t22-,25?/m0/s1. The average Bonchev–Trinajstić information content (AvgIpc) is 3.21. The molecule has 0 aromatic heterocycles. The van der Waals surface area contributed by atoms with Gasteiger partial charge in [-0.05, 0) is 81.5 Å². The lowest BCUT2D eigenvalue weighted by molar-refractivity contribution is -0.152. The van der Waals surface area contributed by atoms with Crippen LogP contribution in [0.4, 0.5) is 0 Å². The summed E-state index contributed by atoms with van der Waals surface area (Å²) >= 11 is 1.68. The van der Waals surface area contributed by atoms with Crippen molar-refractivity contribution in [2.75, 3.05) is 32.6 Å². The second-order valence-electron chi connectivity index (χ2n) is 10.6. The van der Waals surface area contributed by atoms with Crippen molar-refractivity contribution >= 4 is 23.5 Å². The number of hydrogen-bond donors (Lipinski definition) is 1. The number of rotatable bonds is 10. The number of Topliss-reactive ketones (excluding diaryl/α,β-unsaturated/α-hetero) is 1. The molecular formula is C29H37NO5S. The second-order valence-corrected chi connectivity index (χ2v) is 11.5. The Kier molecular flexibility index (Phi) is 8.12. The highest BCUT2D eigenvalue weighted by atomic mass is 32.2. The van der Waals surface area contributed by atoms with Crippen molar-refractivity contribution in [1.29, 1.82) is 0 Å². The van der Waals surface area contributed by atoms with Gasteiger partial charge in [0.15, 0.2) is 11.4 Å². The number of benzene rings is 2. The van der Waals surface area contributed by atoms with Crippen LogP contribution >= 0.6 is 11.8 Å². The molecule has 0 radical (unpaired) electrons. The lowest BCUT2D eigenvalue weighted by Gasteiger charge is -2.34. The summed E-state index contributed by atoms with van der Waals surface area (Å²) in [5.74, 6) is 0.131. The van der Waals surface area contributed by atoms with Crippen molar-refractivity contribution in [3.8, 4) is 5.75 Å². The molecule has 1 unspecified atom stereocenters. The van der Waals surface area contributed by atoms with Gasteiger partial charge in [-0.25, -0.2) is 4.79 Å². The van der Waals surface area contributed by atoms with E-state index >= 15 is 0 Å². The van der Waals surface area contributed by atoms with Crippen LogP contribution in [0.1, 0.15) is 47.3 Å². The molecule has 2 atom stereocenters. The third-order valence-corrected chi connectivity index (χ3v) is 8.26. The van der Waals surface area contributed by atoms with Crippen LogP contribution in [0, 0.1) is 25.7 Å². The fourth-order valence-electron chi connectivity index (χ4n) is 5.19. The summed E-state index contributed by atoms with van der Waals surface area (Å²) in [6.07, 6.45) is 3.82. The number of nitrogens with zero attached hydrogens (tertiary/aromatic N) is 1. The van der Waals surface area contributed by atoms with Gasteiger partial charge in [0.25, 0.3) is 0 Å². The number of carbonyl (C=O) groups is 2. The van der Waals surface area contributed by atoms with Crippen molar-refractivity contribution in [1.82, 2.24) is 4.90 Å². The van der Waals surface area contributed by atoms with E-state index in [1.807, 2.05) is 44.4 Å². The molecule has 2 aromatic carbocycles. The minimum Gasteiger partial charge on any atom is -0.478 e. The third kappa shape index (κ3) is 5.79. The number of carbonyl (C=O) groups excluding carboxylic acids is 1. The van der Waals surface area contributed by atoms with Crippen molar-refractivity contribution in [2.45, 2.75) is 57.1 Å². The summed E-state index contributed by atoms with van der Waals surface area (Å²) in [6, 6.07) is 12.6. The van der Waals surface area contributed by atoms with E-state index in [1.54, 1.807) is 25.6 Å². The van der Waals surface area contributed by atoms with E-state index in [0.717, 1.165) is 60.7 Å². The predicted octanol–water partition coefficient (Wildman–Crippen LogP) is 5.03. The molecule has 2 aliphatic rings. The van der Waals surface area contributed by atoms with Crippen molar-refractivity contribution in [3.05, 3.63) is 58.7 Å². The van der Waals surface area contributed by atoms with Crippen LogP contribution in [0.2, 0.25) is 0 Å². The Bertz CT molecular complexity index is 1090. The minimum absolute atomic E-state index is 0.0214. The zero-order valence-corrected chi connectivity index (χ0v) is 22.7. The highest BCUT2D eigenvalue weighted by molar-refractivity contribution is 7.98. The predicted molar refractivity (Wildman–Crippen MR) is 142 cm³/mol. The van der Waals surface area contributed by atoms with Gasteiger partial charge in [0.1, 0.15) is 5.75 Å². The van der Waals surface area contributed by atoms with Gasteiger partial charge in [-0.2, -0.15) is 0 Å². The van der Waals surface area contributed by atoms with Gasteiger partial charge in [-0.15, -0.1) is 11.8 Å². The normalized spacial score (nSPS) is 20.8. The molecule has 2 heterocycles. The Balaban J connectivity index is 1.48. The Morgan fingerprint density at radius 2 is 1.75 bits per heavy atom. The molecule has 36 heavy (non-hydrogen) atoms. The quantitative estimate of drug-likeness (QED) is 0.354. The first-order valence-electron chi connectivity index (χ1n) is 12.6. The molecule has 1 N–H and O–H groups in total. The third-order valence-electron chi connectivity index (χ3n) is 7.51. The molecular weight excluding hydrogens is 474 g/mol. The zero-order chi connectivity index (χ0) is 26.0. The van der Waals surface area contributed by atoms with E-state index < -0.39 is 11.6 Å². The molecule has 2 aromatic rings. The molecule has 4 rings (SSSR count). The first-order valence-corrected chi connectivity index (χ1v) is 13.8. The van der Waals surface area contributed by atoms with Crippen molar-refractivity contribution in [3.63, 3.8) is 0 Å². The monoisotopic (exact) mass is 511 g/mol. The fraction of sp³-hybridized carbons (Fsp3) is 0.517. The molecule has 7 heteroatoms. The fourth-order valence-corrected chi connectivity index (χ4v) is 5.60. The number of hydrogen-bond acceptors (Lipinski definition) is 6. The second kappa shape index (κ2) is 11.0. The molecule has 2 fully saturated rings. The van der Waals surface area contributed by atoms with Gasteiger partial charge >= 0.3 is 5.97 Å². The van der Waals surface area contributed by atoms with Gasteiger partial charge < -0.3 is 14.6 Å². The molecule has 2 aliphatic heterocycles. The lowest BCUT2D eigenvalue weighted by Crippen LogP contribution is -2.48. The van der Waals surface area contributed by atoms with Crippen LogP contribution in [-0.4, -0.2) is 66.0 Å². The van der Waals surface area contributed by atoms with E-state index in [0.29, 0.717) is 11.8 Å².